The zero-order chi connectivity index (χ0) is 12.3. The van der Waals surface area contributed by atoms with Crippen molar-refractivity contribution in [3.63, 3.8) is 0 Å². The molecule has 0 aromatic heterocycles. The molecule has 0 bridgehead atoms. The molecule has 90 valence electrons. The Morgan fingerprint density at radius 1 is 1.27 bits per heavy atom. The highest BCUT2D eigenvalue weighted by molar-refractivity contribution is 5.84. The van der Waals surface area contributed by atoms with E-state index in [4.69, 9.17) is 5.73 Å². The maximum Gasteiger partial charge on any atom is 0.217 e. The molecule has 0 saturated heterocycles. The fraction of sp³-hybridized carbons (Fsp3) is 0.818. The average Bonchev–Trinajstić information content (AvgIpc) is 2.25. The summed E-state index contributed by atoms with van der Waals surface area (Å²) in [6.07, 6.45) is 1.27. The molecule has 0 spiro atoms. The minimum Gasteiger partial charge on any atom is -0.370 e. The maximum absolute atomic E-state index is 11.3. The largest absolute Gasteiger partial charge is 0.370 e. The van der Waals surface area contributed by atoms with Crippen LogP contribution >= 0.6 is 0 Å². The molecule has 0 aromatic rings. The molecule has 1 atom stereocenters. The Hall–Kier alpha value is -0.900. The molecule has 0 radical (unpaired) electrons. The van der Waals surface area contributed by atoms with Gasteiger partial charge in [-0.1, -0.05) is 27.7 Å². The van der Waals surface area contributed by atoms with Crippen molar-refractivity contribution < 1.29 is 9.59 Å². The van der Waals surface area contributed by atoms with Gasteiger partial charge < -0.3 is 11.1 Å². The number of Topliss-reactive ketones (excluding diaryl/α,β-unsaturated/α-hetero) is 1. The van der Waals surface area contributed by atoms with Gasteiger partial charge >= 0.3 is 0 Å². The van der Waals surface area contributed by atoms with Gasteiger partial charge in [0.15, 0.2) is 0 Å². The highest BCUT2D eigenvalue weighted by Crippen LogP contribution is 2.00. The molecule has 4 nitrogen and oxygen atoms in total. The smallest absolute Gasteiger partial charge is 0.217 e. The van der Waals surface area contributed by atoms with Gasteiger partial charge in [-0.15, -0.1) is 0 Å². The first-order valence-electron chi connectivity index (χ1n) is 5.66. The van der Waals surface area contributed by atoms with E-state index in [1.54, 1.807) is 0 Å². The molecule has 0 aliphatic carbocycles. The van der Waals surface area contributed by atoms with Gasteiger partial charge in [0, 0.05) is 12.8 Å². The molecule has 0 aromatic carbocycles. The molecule has 0 aliphatic rings. The lowest BCUT2D eigenvalue weighted by Gasteiger charge is -2.14. The number of hydrogen-bond acceptors (Lipinski definition) is 3. The van der Waals surface area contributed by atoms with E-state index in [0.29, 0.717) is 12.8 Å². The van der Waals surface area contributed by atoms with Crippen LogP contribution < -0.4 is 11.1 Å². The van der Waals surface area contributed by atoms with E-state index in [9.17, 15) is 9.59 Å². The molecule has 3 N–H and O–H groups in total. The molecule has 4 heteroatoms. The lowest BCUT2D eigenvalue weighted by atomic mass is 10.0. The van der Waals surface area contributed by atoms with Crippen molar-refractivity contribution in [1.82, 2.24) is 5.32 Å². The average molecular weight is 216 g/mol. The fourth-order valence-electron chi connectivity index (χ4n) is 1.16. The van der Waals surface area contributed by atoms with E-state index in [-0.39, 0.29) is 24.2 Å². The summed E-state index contributed by atoms with van der Waals surface area (Å²) >= 11 is 0. The monoisotopic (exact) mass is 216 g/mol. The van der Waals surface area contributed by atoms with Gasteiger partial charge in [0.2, 0.25) is 5.91 Å². The number of hydrogen-bond donors (Lipinski definition) is 2. The van der Waals surface area contributed by atoms with Crippen LogP contribution in [0.1, 0.15) is 47.0 Å². The Labute approximate surface area is 92.6 Å². The normalized spacial score (nSPS) is 11.2. The van der Waals surface area contributed by atoms with Crippen molar-refractivity contribution in [2.45, 2.75) is 53.0 Å². The third kappa shape index (κ3) is 9.41. The van der Waals surface area contributed by atoms with Crippen LogP contribution in [-0.2, 0) is 9.59 Å². The second kappa shape index (κ2) is 11.2. The number of primary amides is 1. The van der Waals surface area contributed by atoms with Crippen molar-refractivity contribution >= 4 is 11.7 Å². The second-order valence-electron chi connectivity index (χ2n) is 2.94. The molecule has 0 rings (SSSR count). The van der Waals surface area contributed by atoms with Gasteiger partial charge in [0.25, 0.3) is 0 Å². The van der Waals surface area contributed by atoms with E-state index < -0.39 is 0 Å². The second-order valence-corrected chi connectivity index (χ2v) is 2.94. The Morgan fingerprint density at radius 3 is 2.13 bits per heavy atom. The predicted molar refractivity (Wildman–Crippen MR) is 62.5 cm³/mol. The highest BCUT2D eigenvalue weighted by atomic mass is 16.1. The third-order valence-electron chi connectivity index (χ3n) is 1.87. The summed E-state index contributed by atoms with van der Waals surface area (Å²) in [5, 5.41) is 3.03. The van der Waals surface area contributed by atoms with Gasteiger partial charge in [0.1, 0.15) is 5.78 Å². The number of rotatable bonds is 7. The van der Waals surface area contributed by atoms with Crippen molar-refractivity contribution in [3.05, 3.63) is 0 Å². The number of nitrogens with two attached hydrogens (primary N) is 1. The van der Waals surface area contributed by atoms with Gasteiger partial charge in [-0.2, -0.15) is 0 Å². The first kappa shape index (κ1) is 16.5. The van der Waals surface area contributed by atoms with Crippen molar-refractivity contribution in [2.24, 2.45) is 5.73 Å². The highest BCUT2D eigenvalue weighted by Gasteiger charge is 2.15. The lowest BCUT2D eigenvalue weighted by Crippen LogP contribution is -2.37. The summed E-state index contributed by atoms with van der Waals surface area (Å²) in [5.74, 6) is -0.213. The summed E-state index contributed by atoms with van der Waals surface area (Å²) in [4.78, 5) is 21.8. The topological polar surface area (TPSA) is 72.2 Å². The van der Waals surface area contributed by atoms with Crippen molar-refractivity contribution in [1.29, 1.82) is 0 Å². The number of carbonyl (C=O) groups excluding carboxylic acids is 2. The Morgan fingerprint density at radius 2 is 1.80 bits per heavy atom. The molecular weight excluding hydrogens is 192 g/mol. The summed E-state index contributed by atoms with van der Waals surface area (Å²) in [6.45, 7) is 8.48. The summed E-state index contributed by atoms with van der Waals surface area (Å²) < 4.78 is 0. The van der Waals surface area contributed by atoms with Gasteiger partial charge in [-0.25, -0.2) is 0 Å². The van der Waals surface area contributed by atoms with E-state index in [1.807, 2.05) is 27.7 Å². The molecule has 1 unspecified atom stereocenters. The third-order valence-corrected chi connectivity index (χ3v) is 1.87. The van der Waals surface area contributed by atoms with E-state index in [1.165, 1.54) is 0 Å². The van der Waals surface area contributed by atoms with Gasteiger partial charge in [-0.3, -0.25) is 9.59 Å². The predicted octanol–water partition coefficient (Wildman–Crippen LogP) is 1.24. The van der Waals surface area contributed by atoms with E-state index in [2.05, 4.69) is 5.32 Å². The maximum atomic E-state index is 11.3. The molecule has 0 heterocycles. The number of carbonyl (C=O) groups is 2. The minimum absolute atomic E-state index is 0.142. The first-order chi connectivity index (χ1) is 7.11. The fourth-order valence-corrected chi connectivity index (χ4v) is 1.16. The molecule has 1 amide bonds. The van der Waals surface area contributed by atoms with Crippen LogP contribution in [-0.4, -0.2) is 24.3 Å². The Kier molecular flexibility index (Phi) is 12.3. The number of amides is 1. The lowest BCUT2D eigenvalue weighted by molar-refractivity contribution is -0.121. The molecule has 0 saturated carbocycles. The van der Waals surface area contributed by atoms with E-state index >= 15 is 0 Å². The van der Waals surface area contributed by atoms with Crippen molar-refractivity contribution in [3.8, 4) is 0 Å². The molecule has 0 aliphatic heterocycles. The van der Waals surface area contributed by atoms with Gasteiger partial charge in [-0.05, 0) is 13.0 Å². The summed E-state index contributed by atoms with van der Waals surface area (Å²) in [5.41, 5.74) is 5.00. The molecule has 15 heavy (non-hydrogen) atoms. The Balaban J connectivity index is 0. The first-order valence-corrected chi connectivity index (χ1v) is 5.66. The minimum atomic E-state index is -0.355. The zero-order valence-corrected chi connectivity index (χ0v) is 10.3. The van der Waals surface area contributed by atoms with Crippen LogP contribution in [0.5, 0.6) is 0 Å². The number of likely N-dealkylation sites (N-methyl/N-ethyl adjacent to an activating group) is 1. The van der Waals surface area contributed by atoms with Crippen LogP contribution in [0.3, 0.4) is 0 Å². The Bertz CT molecular complexity index is 181. The molecule has 0 fully saturated rings. The van der Waals surface area contributed by atoms with Crippen LogP contribution in [0.2, 0.25) is 0 Å². The van der Waals surface area contributed by atoms with E-state index in [0.717, 1.165) is 6.54 Å². The summed E-state index contributed by atoms with van der Waals surface area (Å²) in [6, 6.07) is -0.206. The van der Waals surface area contributed by atoms with Crippen LogP contribution in [0.15, 0.2) is 0 Å². The summed E-state index contributed by atoms with van der Waals surface area (Å²) in [7, 11) is 0. The SMILES string of the molecule is CC.CCNC(CCC(N)=O)C(=O)CC. The van der Waals surface area contributed by atoms with Crippen molar-refractivity contribution in [2.75, 3.05) is 6.54 Å². The van der Waals surface area contributed by atoms with Crippen LogP contribution in [0.4, 0.5) is 0 Å². The zero-order valence-electron chi connectivity index (χ0n) is 10.3. The quantitative estimate of drug-likeness (QED) is 0.672. The van der Waals surface area contributed by atoms with Gasteiger partial charge in [0.05, 0.1) is 6.04 Å². The number of nitrogens with one attached hydrogen (secondary N) is 1. The standard InChI is InChI=1S/C9H18N2O2.C2H6/c1-3-8(12)7(11-4-2)5-6-9(10)13;1-2/h7,11H,3-6H2,1-2H3,(H2,10,13);1-2H3. The van der Waals surface area contributed by atoms with Crippen LogP contribution in [0.25, 0.3) is 0 Å². The molecular formula is C11H24N2O2. The number of ketones is 1. The van der Waals surface area contributed by atoms with Crippen LogP contribution in [0, 0.1) is 0 Å².